The highest BCUT2D eigenvalue weighted by Gasteiger charge is 2.44. The monoisotopic (exact) mass is 296 g/mol. The van der Waals surface area contributed by atoms with Gasteiger partial charge in [0.1, 0.15) is 6.04 Å². The average Bonchev–Trinajstić information content (AvgIpc) is 3.06. The summed E-state index contributed by atoms with van der Waals surface area (Å²) in [5.74, 6) is -1.11. The molecule has 0 bridgehead atoms. The topological polar surface area (TPSA) is 77.9 Å². The molecule has 0 aromatic heterocycles. The van der Waals surface area contributed by atoms with Gasteiger partial charge in [-0.3, -0.25) is 0 Å². The summed E-state index contributed by atoms with van der Waals surface area (Å²) in [7, 11) is -3.76. The van der Waals surface area contributed by atoms with E-state index in [-0.39, 0.29) is 6.42 Å². The van der Waals surface area contributed by atoms with Crippen LogP contribution in [0.1, 0.15) is 18.4 Å². The lowest BCUT2D eigenvalue weighted by molar-refractivity contribution is -0.138. The standard InChI is InChI=1S/C13H16N2O4S/c16-13(17)12-9-10-5-1-2-6-11(10)15(12)20(18,19)14-7-3-4-8-14/h1-2,5-6,12H,3-4,7-9H2,(H,16,17)/t12-/m0/s1. The second-order valence-corrected chi connectivity index (χ2v) is 6.90. The number of carbonyl (C=O) groups is 1. The van der Waals surface area contributed by atoms with E-state index in [2.05, 4.69) is 0 Å². The minimum atomic E-state index is -3.76. The van der Waals surface area contributed by atoms with Gasteiger partial charge in [-0.25, -0.2) is 9.10 Å². The first-order valence-electron chi connectivity index (χ1n) is 6.62. The smallest absolute Gasteiger partial charge is 0.327 e. The van der Waals surface area contributed by atoms with Crippen LogP contribution in [0, 0.1) is 0 Å². The number of anilines is 1. The molecule has 1 aromatic carbocycles. The van der Waals surface area contributed by atoms with Gasteiger partial charge in [0.25, 0.3) is 0 Å². The molecule has 1 saturated heterocycles. The summed E-state index contributed by atoms with van der Waals surface area (Å²) >= 11 is 0. The average molecular weight is 296 g/mol. The second-order valence-electron chi connectivity index (χ2n) is 5.10. The third-order valence-electron chi connectivity index (χ3n) is 3.85. The summed E-state index contributed by atoms with van der Waals surface area (Å²) in [5, 5.41) is 9.34. The van der Waals surface area contributed by atoms with Crippen molar-refractivity contribution in [1.29, 1.82) is 0 Å². The lowest BCUT2D eigenvalue weighted by Crippen LogP contribution is -2.49. The Hall–Kier alpha value is -1.60. The number of aliphatic carboxylic acids is 1. The molecule has 0 saturated carbocycles. The zero-order valence-electron chi connectivity index (χ0n) is 10.9. The normalized spacial score (nSPS) is 23.0. The number of carboxylic acid groups (broad SMARTS) is 1. The Labute approximate surface area is 117 Å². The molecule has 2 aliphatic heterocycles. The Kier molecular flexibility index (Phi) is 3.18. The van der Waals surface area contributed by atoms with E-state index in [0.717, 1.165) is 22.7 Å². The highest BCUT2D eigenvalue weighted by atomic mass is 32.2. The van der Waals surface area contributed by atoms with Gasteiger partial charge in [-0.2, -0.15) is 12.7 Å². The Morgan fingerprint density at radius 3 is 2.50 bits per heavy atom. The molecule has 0 aliphatic carbocycles. The summed E-state index contributed by atoms with van der Waals surface area (Å²) in [6.45, 7) is 0.931. The first kappa shape index (κ1) is 13.4. The van der Waals surface area contributed by atoms with Crippen LogP contribution in [0.4, 0.5) is 5.69 Å². The Bertz CT molecular complexity index is 638. The number of rotatable bonds is 3. The van der Waals surface area contributed by atoms with Crippen molar-refractivity contribution < 1.29 is 18.3 Å². The molecule has 6 nitrogen and oxygen atoms in total. The number of benzene rings is 1. The van der Waals surface area contributed by atoms with Gasteiger partial charge in [0.2, 0.25) is 0 Å². The zero-order chi connectivity index (χ0) is 14.3. The summed E-state index contributed by atoms with van der Waals surface area (Å²) in [5.41, 5.74) is 1.26. The van der Waals surface area contributed by atoms with Crippen LogP contribution < -0.4 is 4.31 Å². The Morgan fingerprint density at radius 2 is 1.85 bits per heavy atom. The summed E-state index contributed by atoms with van der Waals surface area (Å²) in [6, 6.07) is 5.94. The van der Waals surface area contributed by atoms with Crippen LogP contribution in [0.5, 0.6) is 0 Å². The van der Waals surface area contributed by atoms with Crippen molar-refractivity contribution in [2.24, 2.45) is 0 Å². The van der Waals surface area contributed by atoms with Crippen molar-refractivity contribution in [3.63, 3.8) is 0 Å². The number of carboxylic acids is 1. The first-order chi connectivity index (χ1) is 9.51. The van der Waals surface area contributed by atoms with Crippen molar-refractivity contribution in [3.05, 3.63) is 29.8 Å². The maximum atomic E-state index is 12.7. The minimum absolute atomic E-state index is 0.221. The molecule has 0 unspecified atom stereocenters. The van der Waals surface area contributed by atoms with E-state index in [0.29, 0.717) is 18.8 Å². The molecular weight excluding hydrogens is 280 g/mol. The predicted molar refractivity (Wildman–Crippen MR) is 73.8 cm³/mol. The first-order valence-corrected chi connectivity index (χ1v) is 8.02. The van der Waals surface area contributed by atoms with Crippen LogP contribution in [0.2, 0.25) is 0 Å². The van der Waals surface area contributed by atoms with Crippen molar-refractivity contribution in [2.75, 3.05) is 17.4 Å². The molecule has 0 amide bonds. The number of nitrogens with zero attached hydrogens (tertiary/aromatic N) is 2. The molecule has 0 spiro atoms. The molecule has 7 heteroatoms. The third kappa shape index (κ3) is 1.97. The van der Waals surface area contributed by atoms with Gasteiger partial charge in [0.15, 0.2) is 0 Å². The molecule has 2 heterocycles. The van der Waals surface area contributed by atoms with E-state index in [9.17, 15) is 18.3 Å². The number of para-hydroxylation sites is 1. The summed E-state index contributed by atoms with van der Waals surface area (Å²) in [6.07, 6.45) is 1.87. The van der Waals surface area contributed by atoms with Crippen LogP contribution >= 0.6 is 0 Å². The van der Waals surface area contributed by atoms with Crippen LogP contribution in [-0.4, -0.2) is 42.9 Å². The maximum Gasteiger partial charge on any atom is 0.327 e. The fraction of sp³-hybridized carbons (Fsp3) is 0.462. The SMILES string of the molecule is O=C(O)[C@@H]1Cc2ccccc2N1S(=O)(=O)N1CCCC1. The molecule has 1 fully saturated rings. The van der Waals surface area contributed by atoms with E-state index in [1.807, 2.05) is 0 Å². The lowest BCUT2D eigenvalue weighted by Gasteiger charge is -2.28. The highest BCUT2D eigenvalue weighted by Crippen LogP contribution is 2.36. The van der Waals surface area contributed by atoms with Crippen molar-refractivity contribution in [2.45, 2.75) is 25.3 Å². The van der Waals surface area contributed by atoms with Gasteiger partial charge in [-0.1, -0.05) is 18.2 Å². The van der Waals surface area contributed by atoms with Gasteiger partial charge >= 0.3 is 16.2 Å². The van der Waals surface area contributed by atoms with Crippen molar-refractivity contribution in [3.8, 4) is 0 Å². The number of hydrogen-bond donors (Lipinski definition) is 1. The Morgan fingerprint density at radius 1 is 1.20 bits per heavy atom. The molecule has 3 rings (SSSR count). The van der Waals surface area contributed by atoms with E-state index in [1.54, 1.807) is 24.3 Å². The third-order valence-corrected chi connectivity index (χ3v) is 5.82. The van der Waals surface area contributed by atoms with Gasteiger partial charge in [0, 0.05) is 19.5 Å². The van der Waals surface area contributed by atoms with Gasteiger partial charge in [-0.15, -0.1) is 0 Å². The van der Waals surface area contributed by atoms with Crippen molar-refractivity contribution >= 4 is 21.9 Å². The lowest BCUT2D eigenvalue weighted by atomic mass is 10.1. The molecule has 108 valence electrons. The van der Waals surface area contributed by atoms with Gasteiger partial charge in [0.05, 0.1) is 5.69 Å². The van der Waals surface area contributed by atoms with Crippen LogP contribution in [0.25, 0.3) is 0 Å². The maximum absolute atomic E-state index is 12.7. The fourth-order valence-electron chi connectivity index (χ4n) is 2.87. The second kappa shape index (κ2) is 4.75. The van der Waals surface area contributed by atoms with Crippen LogP contribution in [0.15, 0.2) is 24.3 Å². The highest BCUT2D eigenvalue weighted by molar-refractivity contribution is 7.90. The molecule has 1 N–H and O–H groups in total. The summed E-state index contributed by atoms with van der Waals surface area (Å²) < 4.78 is 27.9. The fourth-order valence-corrected chi connectivity index (χ4v) is 4.75. The molecular formula is C13H16N2O4S. The minimum Gasteiger partial charge on any atom is -0.480 e. The number of hydrogen-bond acceptors (Lipinski definition) is 3. The van der Waals surface area contributed by atoms with Gasteiger partial charge in [-0.05, 0) is 24.5 Å². The number of fused-ring (bicyclic) bond motifs is 1. The zero-order valence-corrected chi connectivity index (χ0v) is 11.7. The predicted octanol–water partition coefficient (Wildman–Crippen LogP) is 0.843. The van der Waals surface area contributed by atoms with Crippen LogP contribution in [0.3, 0.4) is 0 Å². The largest absolute Gasteiger partial charge is 0.480 e. The molecule has 0 radical (unpaired) electrons. The Balaban J connectivity index is 2.06. The molecule has 1 aromatic rings. The molecule has 20 heavy (non-hydrogen) atoms. The summed E-state index contributed by atoms with van der Waals surface area (Å²) in [4.78, 5) is 11.4. The quantitative estimate of drug-likeness (QED) is 0.896. The van der Waals surface area contributed by atoms with E-state index >= 15 is 0 Å². The van der Waals surface area contributed by atoms with Crippen LogP contribution in [-0.2, 0) is 21.4 Å². The van der Waals surface area contributed by atoms with E-state index in [1.165, 1.54) is 4.31 Å². The molecule has 1 atom stereocenters. The van der Waals surface area contributed by atoms with E-state index in [4.69, 9.17) is 0 Å². The van der Waals surface area contributed by atoms with E-state index < -0.39 is 22.2 Å². The van der Waals surface area contributed by atoms with Gasteiger partial charge < -0.3 is 5.11 Å². The van der Waals surface area contributed by atoms with Crippen molar-refractivity contribution in [1.82, 2.24) is 4.31 Å². The molecule has 2 aliphatic rings.